The van der Waals surface area contributed by atoms with Crippen LogP contribution in [0.5, 0.6) is 0 Å². The maximum atomic E-state index is 10.9. The van der Waals surface area contributed by atoms with Crippen LogP contribution in [0.4, 0.5) is 0 Å². The monoisotopic (exact) mass is 272 g/mol. The number of nitrogens with zero attached hydrogens (tertiary/aromatic N) is 2. The van der Waals surface area contributed by atoms with Crippen LogP contribution >= 0.6 is 0 Å². The van der Waals surface area contributed by atoms with Gasteiger partial charge in [0, 0.05) is 24.9 Å². The van der Waals surface area contributed by atoms with E-state index in [1.54, 1.807) is 6.07 Å². The molecular formula is C15H16N2O3. The molecule has 0 bridgehead atoms. The van der Waals surface area contributed by atoms with Crippen LogP contribution in [-0.2, 0) is 6.54 Å². The van der Waals surface area contributed by atoms with Gasteiger partial charge < -0.3 is 9.52 Å². The van der Waals surface area contributed by atoms with E-state index in [0.717, 1.165) is 30.6 Å². The van der Waals surface area contributed by atoms with Crippen LogP contribution in [0.25, 0.3) is 11.0 Å². The third-order valence-corrected chi connectivity index (χ3v) is 3.18. The molecule has 0 spiro atoms. The molecule has 2 rings (SSSR count). The van der Waals surface area contributed by atoms with E-state index >= 15 is 0 Å². The Morgan fingerprint density at radius 1 is 1.45 bits per heavy atom. The van der Waals surface area contributed by atoms with Crippen LogP contribution in [0.2, 0.25) is 0 Å². The molecule has 5 heteroatoms. The minimum atomic E-state index is -1.06. The van der Waals surface area contributed by atoms with Gasteiger partial charge in [0.25, 0.3) is 0 Å². The predicted octanol–water partition coefficient (Wildman–Crippen LogP) is 2.87. The summed E-state index contributed by atoms with van der Waals surface area (Å²) in [5, 5.41) is 18.3. The van der Waals surface area contributed by atoms with Gasteiger partial charge in [-0.25, -0.2) is 4.79 Å². The highest BCUT2D eigenvalue weighted by molar-refractivity contribution is 5.91. The minimum Gasteiger partial charge on any atom is -0.475 e. The molecule has 104 valence electrons. The molecule has 0 atom stereocenters. The summed E-state index contributed by atoms with van der Waals surface area (Å²) in [6, 6.07) is 9.32. The molecule has 20 heavy (non-hydrogen) atoms. The minimum absolute atomic E-state index is 0.0472. The molecule has 0 fully saturated rings. The summed E-state index contributed by atoms with van der Waals surface area (Å²) in [4.78, 5) is 13.0. The van der Waals surface area contributed by atoms with Crippen LogP contribution in [0.3, 0.4) is 0 Å². The Morgan fingerprint density at radius 2 is 2.25 bits per heavy atom. The van der Waals surface area contributed by atoms with Crippen molar-refractivity contribution in [2.75, 3.05) is 13.1 Å². The van der Waals surface area contributed by atoms with E-state index in [4.69, 9.17) is 14.8 Å². The maximum absolute atomic E-state index is 10.9. The molecule has 2 aromatic rings. The zero-order valence-electron chi connectivity index (χ0n) is 11.3. The summed E-state index contributed by atoms with van der Waals surface area (Å²) in [7, 11) is 0. The van der Waals surface area contributed by atoms with E-state index in [9.17, 15) is 4.79 Å². The zero-order valence-corrected chi connectivity index (χ0v) is 11.3. The Morgan fingerprint density at radius 3 is 2.90 bits per heavy atom. The number of rotatable bonds is 6. The van der Waals surface area contributed by atoms with Gasteiger partial charge in [0.2, 0.25) is 5.76 Å². The molecule has 1 heterocycles. The number of hydrogen-bond donors (Lipinski definition) is 1. The Balaban J connectivity index is 2.18. The molecular weight excluding hydrogens is 256 g/mol. The first kappa shape index (κ1) is 14.1. The quantitative estimate of drug-likeness (QED) is 0.874. The highest BCUT2D eigenvalue weighted by atomic mass is 16.4. The van der Waals surface area contributed by atoms with Crippen molar-refractivity contribution in [3.8, 4) is 6.07 Å². The van der Waals surface area contributed by atoms with Crippen LogP contribution in [0.1, 0.15) is 29.5 Å². The van der Waals surface area contributed by atoms with Crippen LogP contribution in [0.15, 0.2) is 28.7 Å². The fraction of sp³-hybridized carbons (Fsp3) is 0.333. The molecule has 1 N–H and O–H groups in total. The van der Waals surface area contributed by atoms with Gasteiger partial charge in [-0.2, -0.15) is 5.26 Å². The van der Waals surface area contributed by atoms with E-state index in [1.165, 1.54) is 6.07 Å². The van der Waals surface area contributed by atoms with Gasteiger partial charge in [-0.1, -0.05) is 13.0 Å². The molecule has 0 aliphatic heterocycles. The Hall–Kier alpha value is -2.32. The average molecular weight is 272 g/mol. The van der Waals surface area contributed by atoms with Crippen molar-refractivity contribution in [1.82, 2.24) is 4.90 Å². The van der Waals surface area contributed by atoms with E-state index in [2.05, 4.69) is 17.9 Å². The first-order valence-electron chi connectivity index (χ1n) is 6.49. The molecule has 1 aromatic carbocycles. The summed E-state index contributed by atoms with van der Waals surface area (Å²) < 4.78 is 5.22. The molecule has 0 saturated heterocycles. The highest BCUT2D eigenvalue weighted by Gasteiger charge is 2.11. The molecule has 0 radical (unpaired) electrons. The van der Waals surface area contributed by atoms with E-state index in [0.29, 0.717) is 12.0 Å². The molecule has 0 saturated carbocycles. The highest BCUT2D eigenvalue weighted by Crippen LogP contribution is 2.21. The SMILES string of the molecule is CCN(CCC#N)Cc1ccc2oc(C(=O)O)cc2c1. The molecule has 0 amide bonds. The Bertz CT molecular complexity index is 655. The standard InChI is InChI=1S/C15H16N2O3/c1-2-17(7-3-6-16)10-11-4-5-13-12(8-11)9-14(20-13)15(18)19/h4-5,8-9H,2-3,7,10H2,1H3,(H,18,19). The lowest BCUT2D eigenvalue weighted by Gasteiger charge is -2.18. The van der Waals surface area contributed by atoms with Crippen molar-refractivity contribution in [3.05, 3.63) is 35.6 Å². The Labute approximate surface area is 117 Å². The van der Waals surface area contributed by atoms with Crippen LogP contribution in [-0.4, -0.2) is 29.1 Å². The predicted molar refractivity (Wildman–Crippen MR) is 74.4 cm³/mol. The zero-order chi connectivity index (χ0) is 14.5. The number of fused-ring (bicyclic) bond motifs is 1. The smallest absolute Gasteiger partial charge is 0.371 e. The van der Waals surface area contributed by atoms with Gasteiger partial charge in [0.05, 0.1) is 6.07 Å². The van der Waals surface area contributed by atoms with E-state index in [-0.39, 0.29) is 5.76 Å². The van der Waals surface area contributed by atoms with Crippen LogP contribution in [0, 0.1) is 11.3 Å². The lowest BCUT2D eigenvalue weighted by Crippen LogP contribution is -2.23. The molecule has 0 aliphatic carbocycles. The molecule has 0 aliphatic rings. The maximum Gasteiger partial charge on any atom is 0.371 e. The second kappa shape index (κ2) is 6.22. The van der Waals surface area contributed by atoms with Crippen LogP contribution < -0.4 is 0 Å². The second-order valence-corrected chi connectivity index (χ2v) is 4.56. The average Bonchev–Trinajstić information content (AvgIpc) is 2.86. The number of nitriles is 1. The topological polar surface area (TPSA) is 77.5 Å². The van der Waals surface area contributed by atoms with Gasteiger partial charge in [-0.05, 0) is 30.3 Å². The molecule has 5 nitrogen and oxygen atoms in total. The van der Waals surface area contributed by atoms with Crippen molar-refractivity contribution in [2.24, 2.45) is 0 Å². The number of aromatic carboxylic acids is 1. The summed E-state index contributed by atoms with van der Waals surface area (Å²) in [6.45, 7) is 4.39. The first-order valence-corrected chi connectivity index (χ1v) is 6.49. The lowest BCUT2D eigenvalue weighted by molar-refractivity contribution is 0.0665. The molecule has 1 aromatic heterocycles. The number of hydrogen-bond acceptors (Lipinski definition) is 4. The number of carboxylic acids is 1. The van der Waals surface area contributed by atoms with Crippen molar-refractivity contribution >= 4 is 16.9 Å². The fourth-order valence-electron chi connectivity index (χ4n) is 2.11. The summed E-state index contributed by atoms with van der Waals surface area (Å²) in [5.74, 6) is -1.11. The largest absolute Gasteiger partial charge is 0.475 e. The van der Waals surface area contributed by atoms with Gasteiger partial charge in [0.15, 0.2) is 0 Å². The van der Waals surface area contributed by atoms with Gasteiger partial charge in [-0.15, -0.1) is 0 Å². The lowest BCUT2D eigenvalue weighted by atomic mass is 10.1. The third kappa shape index (κ3) is 3.16. The van der Waals surface area contributed by atoms with Crippen molar-refractivity contribution in [1.29, 1.82) is 5.26 Å². The van der Waals surface area contributed by atoms with Gasteiger partial charge in [0.1, 0.15) is 5.58 Å². The summed E-state index contributed by atoms with van der Waals surface area (Å²) in [5.41, 5.74) is 1.65. The van der Waals surface area contributed by atoms with Gasteiger partial charge in [-0.3, -0.25) is 4.90 Å². The third-order valence-electron chi connectivity index (χ3n) is 3.18. The first-order chi connectivity index (χ1) is 9.63. The van der Waals surface area contributed by atoms with Crippen molar-refractivity contribution in [3.63, 3.8) is 0 Å². The summed E-state index contributed by atoms with van der Waals surface area (Å²) in [6.07, 6.45) is 0.505. The normalized spacial score (nSPS) is 10.8. The summed E-state index contributed by atoms with van der Waals surface area (Å²) >= 11 is 0. The van der Waals surface area contributed by atoms with E-state index < -0.39 is 5.97 Å². The number of carboxylic acid groups (broad SMARTS) is 1. The Kier molecular flexibility index (Phi) is 4.38. The van der Waals surface area contributed by atoms with E-state index in [1.807, 2.05) is 12.1 Å². The number of carbonyl (C=O) groups is 1. The van der Waals surface area contributed by atoms with Gasteiger partial charge >= 0.3 is 5.97 Å². The fourth-order valence-corrected chi connectivity index (χ4v) is 2.11. The van der Waals surface area contributed by atoms with Crippen molar-refractivity contribution in [2.45, 2.75) is 19.9 Å². The number of benzene rings is 1. The number of furan rings is 1. The van der Waals surface area contributed by atoms with Crippen molar-refractivity contribution < 1.29 is 14.3 Å². The molecule has 0 unspecified atom stereocenters. The second-order valence-electron chi connectivity index (χ2n) is 4.56.